The molecule has 3 rings (SSSR count). The summed E-state index contributed by atoms with van der Waals surface area (Å²) >= 11 is 3.29. The fraction of sp³-hybridized carbons (Fsp3) is 0.308. The standard InChI is InChI=1S/C13H11BrFN3O2/c14-9-3-4-10(15)8(5-9)6-18-12(7-1-2-7)11(13(19)20)16-17-18/h3-5,7H,1-2,6H2,(H,19,20). The zero-order valence-corrected chi connectivity index (χ0v) is 12.0. The van der Waals surface area contributed by atoms with Gasteiger partial charge in [0.25, 0.3) is 0 Å². The predicted molar refractivity (Wildman–Crippen MR) is 72.2 cm³/mol. The van der Waals surface area contributed by atoms with Crippen LogP contribution in [0.3, 0.4) is 0 Å². The molecule has 104 valence electrons. The molecule has 0 unspecified atom stereocenters. The largest absolute Gasteiger partial charge is 0.476 e. The van der Waals surface area contributed by atoms with Crippen LogP contribution in [0.25, 0.3) is 0 Å². The molecule has 0 amide bonds. The molecule has 1 aromatic heterocycles. The maximum Gasteiger partial charge on any atom is 0.358 e. The van der Waals surface area contributed by atoms with Gasteiger partial charge in [-0.1, -0.05) is 21.1 Å². The van der Waals surface area contributed by atoms with Gasteiger partial charge in [0, 0.05) is 16.0 Å². The minimum Gasteiger partial charge on any atom is -0.476 e. The van der Waals surface area contributed by atoms with E-state index in [0.717, 1.165) is 17.3 Å². The lowest BCUT2D eigenvalue weighted by atomic mass is 10.2. The molecular weight excluding hydrogens is 329 g/mol. The Hall–Kier alpha value is -1.76. The maximum atomic E-state index is 13.8. The molecular formula is C13H11BrFN3O2. The second-order valence-corrected chi connectivity index (χ2v) is 5.71. The van der Waals surface area contributed by atoms with Crippen LogP contribution in [-0.2, 0) is 6.54 Å². The number of rotatable bonds is 4. The van der Waals surface area contributed by atoms with Crippen molar-refractivity contribution < 1.29 is 14.3 Å². The smallest absolute Gasteiger partial charge is 0.358 e. The van der Waals surface area contributed by atoms with E-state index in [-0.39, 0.29) is 24.0 Å². The molecule has 1 fully saturated rings. The summed E-state index contributed by atoms with van der Waals surface area (Å²) in [6.07, 6.45) is 1.85. The number of benzene rings is 1. The average molecular weight is 340 g/mol. The number of carbonyl (C=O) groups is 1. The topological polar surface area (TPSA) is 68.0 Å². The van der Waals surface area contributed by atoms with Gasteiger partial charge in [0.2, 0.25) is 0 Å². The fourth-order valence-corrected chi connectivity index (χ4v) is 2.58. The van der Waals surface area contributed by atoms with Crippen LogP contribution in [0.2, 0.25) is 0 Å². The molecule has 1 heterocycles. The number of aromatic carboxylic acids is 1. The predicted octanol–water partition coefficient (Wildman–Crippen LogP) is 2.80. The summed E-state index contributed by atoms with van der Waals surface area (Å²) < 4.78 is 16.0. The fourth-order valence-electron chi connectivity index (χ4n) is 2.18. The van der Waals surface area contributed by atoms with Gasteiger partial charge in [-0.15, -0.1) is 5.10 Å². The third-order valence-electron chi connectivity index (χ3n) is 3.27. The monoisotopic (exact) mass is 339 g/mol. The molecule has 1 saturated carbocycles. The Bertz CT molecular complexity index is 682. The Morgan fingerprint density at radius 1 is 1.50 bits per heavy atom. The van der Waals surface area contributed by atoms with Gasteiger partial charge < -0.3 is 5.11 Å². The van der Waals surface area contributed by atoms with E-state index in [0.29, 0.717) is 11.3 Å². The van der Waals surface area contributed by atoms with Crippen LogP contribution >= 0.6 is 15.9 Å². The van der Waals surface area contributed by atoms with Crippen molar-refractivity contribution in [3.8, 4) is 0 Å². The highest BCUT2D eigenvalue weighted by Gasteiger charge is 2.33. The van der Waals surface area contributed by atoms with Gasteiger partial charge >= 0.3 is 5.97 Å². The van der Waals surface area contributed by atoms with Crippen LogP contribution < -0.4 is 0 Å². The molecule has 1 aliphatic rings. The van der Waals surface area contributed by atoms with Crippen LogP contribution in [0.4, 0.5) is 4.39 Å². The minimum absolute atomic E-state index is 0.0251. The molecule has 0 aliphatic heterocycles. The second kappa shape index (κ2) is 4.97. The number of aromatic nitrogens is 3. The normalized spacial score (nSPS) is 14.5. The van der Waals surface area contributed by atoms with Crippen molar-refractivity contribution in [1.29, 1.82) is 0 Å². The molecule has 1 aliphatic carbocycles. The first kappa shape index (κ1) is 13.2. The van der Waals surface area contributed by atoms with E-state index >= 15 is 0 Å². The lowest BCUT2D eigenvalue weighted by Crippen LogP contribution is -2.09. The Kier molecular flexibility index (Phi) is 3.29. The van der Waals surface area contributed by atoms with Gasteiger partial charge in [-0.2, -0.15) is 0 Å². The van der Waals surface area contributed by atoms with E-state index in [4.69, 9.17) is 5.11 Å². The van der Waals surface area contributed by atoms with Crippen molar-refractivity contribution in [1.82, 2.24) is 15.0 Å². The highest BCUT2D eigenvalue weighted by Crippen LogP contribution is 2.41. The van der Waals surface area contributed by atoms with Crippen LogP contribution in [-0.4, -0.2) is 26.1 Å². The van der Waals surface area contributed by atoms with Crippen LogP contribution in [0, 0.1) is 5.82 Å². The van der Waals surface area contributed by atoms with Gasteiger partial charge in [-0.3, -0.25) is 0 Å². The Balaban J connectivity index is 1.98. The van der Waals surface area contributed by atoms with Crippen molar-refractivity contribution in [2.75, 3.05) is 0 Å². The zero-order chi connectivity index (χ0) is 14.3. The van der Waals surface area contributed by atoms with Gasteiger partial charge in [-0.25, -0.2) is 13.9 Å². The van der Waals surface area contributed by atoms with Gasteiger partial charge in [0.1, 0.15) is 5.82 Å². The summed E-state index contributed by atoms with van der Waals surface area (Å²) in [6, 6.07) is 4.64. The Morgan fingerprint density at radius 3 is 2.90 bits per heavy atom. The summed E-state index contributed by atoms with van der Waals surface area (Å²) in [4.78, 5) is 11.1. The van der Waals surface area contributed by atoms with Crippen molar-refractivity contribution in [2.45, 2.75) is 25.3 Å². The zero-order valence-electron chi connectivity index (χ0n) is 10.4. The quantitative estimate of drug-likeness (QED) is 0.929. The van der Waals surface area contributed by atoms with Crippen LogP contribution in [0.5, 0.6) is 0 Å². The number of carboxylic acid groups (broad SMARTS) is 1. The van der Waals surface area contributed by atoms with Gasteiger partial charge in [-0.05, 0) is 31.0 Å². The highest BCUT2D eigenvalue weighted by molar-refractivity contribution is 9.10. The Labute approximate surface area is 122 Å². The molecule has 0 radical (unpaired) electrons. The molecule has 2 aromatic rings. The molecule has 0 saturated heterocycles. The molecule has 1 aromatic carbocycles. The highest BCUT2D eigenvalue weighted by atomic mass is 79.9. The first-order chi connectivity index (χ1) is 9.56. The van der Waals surface area contributed by atoms with E-state index in [1.807, 2.05) is 0 Å². The summed E-state index contributed by atoms with van der Waals surface area (Å²) in [5.41, 5.74) is 1.02. The van der Waals surface area contributed by atoms with E-state index in [1.165, 1.54) is 10.7 Å². The second-order valence-electron chi connectivity index (χ2n) is 4.80. The van der Waals surface area contributed by atoms with Crippen LogP contribution in [0.15, 0.2) is 22.7 Å². The Morgan fingerprint density at radius 2 is 2.25 bits per heavy atom. The summed E-state index contributed by atoms with van der Waals surface area (Å²) in [7, 11) is 0. The lowest BCUT2D eigenvalue weighted by Gasteiger charge is -2.07. The number of hydrogen-bond donors (Lipinski definition) is 1. The molecule has 1 N–H and O–H groups in total. The minimum atomic E-state index is -1.09. The third kappa shape index (κ3) is 2.45. The van der Waals surface area contributed by atoms with Crippen molar-refractivity contribution in [3.05, 3.63) is 45.4 Å². The van der Waals surface area contributed by atoms with Crippen LogP contribution in [0.1, 0.15) is 40.5 Å². The first-order valence-electron chi connectivity index (χ1n) is 6.17. The lowest BCUT2D eigenvalue weighted by molar-refractivity contribution is 0.0689. The molecule has 0 spiro atoms. The molecule has 20 heavy (non-hydrogen) atoms. The summed E-state index contributed by atoms with van der Waals surface area (Å²) in [6.45, 7) is 0.178. The molecule has 0 atom stereocenters. The van der Waals surface area contributed by atoms with Crippen molar-refractivity contribution in [3.63, 3.8) is 0 Å². The summed E-state index contributed by atoms with van der Waals surface area (Å²) in [5, 5.41) is 16.7. The van der Waals surface area contributed by atoms with E-state index < -0.39 is 5.97 Å². The third-order valence-corrected chi connectivity index (χ3v) is 3.76. The summed E-state index contributed by atoms with van der Waals surface area (Å²) in [5.74, 6) is -1.26. The van der Waals surface area contributed by atoms with E-state index in [2.05, 4.69) is 26.2 Å². The average Bonchev–Trinajstić information content (AvgIpc) is 3.15. The number of hydrogen-bond acceptors (Lipinski definition) is 3. The first-order valence-corrected chi connectivity index (χ1v) is 6.96. The van der Waals surface area contributed by atoms with E-state index in [9.17, 15) is 9.18 Å². The van der Waals surface area contributed by atoms with Gasteiger partial charge in [0.05, 0.1) is 12.2 Å². The number of carboxylic acids is 1. The molecule has 0 bridgehead atoms. The van der Waals surface area contributed by atoms with E-state index in [1.54, 1.807) is 12.1 Å². The molecule has 7 heteroatoms. The number of nitrogens with zero attached hydrogens (tertiary/aromatic N) is 3. The van der Waals surface area contributed by atoms with Crippen molar-refractivity contribution in [2.24, 2.45) is 0 Å². The van der Waals surface area contributed by atoms with Gasteiger partial charge in [0.15, 0.2) is 5.69 Å². The number of halogens is 2. The van der Waals surface area contributed by atoms with Crippen molar-refractivity contribution >= 4 is 21.9 Å². The molecule has 5 nitrogen and oxygen atoms in total. The SMILES string of the molecule is O=C(O)c1nnn(Cc2cc(Br)ccc2F)c1C1CC1. The maximum absolute atomic E-state index is 13.8.